The molecule has 0 spiro atoms. The molecule has 0 aliphatic rings. The van der Waals surface area contributed by atoms with Gasteiger partial charge in [0.15, 0.2) is 0 Å². The summed E-state index contributed by atoms with van der Waals surface area (Å²) in [5.74, 6) is 0. The van der Waals surface area contributed by atoms with Crippen LogP contribution in [0.2, 0.25) is 0 Å². The van der Waals surface area contributed by atoms with Crippen LogP contribution >= 0.6 is 11.3 Å². The highest BCUT2D eigenvalue weighted by Gasteiger charge is 2.02. The molecule has 2 nitrogen and oxygen atoms in total. The molecule has 0 bridgehead atoms. The predicted molar refractivity (Wildman–Crippen MR) is 73.2 cm³/mol. The van der Waals surface area contributed by atoms with Gasteiger partial charge in [-0.05, 0) is 42.5 Å². The highest BCUT2D eigenvalue weighted by Crippen LogP contribution is 2.16. The lowest BCUT2D eigenvalue weighted by Crippen LogP contribution is -2.13. The van der Waals surface area contributed by atoms with Crippen molar-refractivity contribution < 1.29 is 0 Å². The first-order valence-corrected chi connectivity index (χ1v) is 6.86. The lowest BCUT2D eigenvalue weighted by molar-refractivity contribution is 0.681. The second-order valence-electron chi connectivity index (χ2n) is 4.10. The van der Waals surface area contributed by atoms with Gasteiger partial charge in [-0.15, -0.1) is 11.3 Å². The van der Waals surface area contributed by atoms with Gasteiger partial charge in [0.1, 0.15) is 0 Å². The van der Waals surface area contributed by atoms with Crippen LogP contribution in [0.4, 0.5) is 0 Å². The van der Waals surface area contributed by atoms with Crippen LogP contribution in [0.5, 0.6) is 0 Å². The summed E-state index contributed by atoms with van der Waals surface area (Å²) in [6.07, 6.45) is 1.11. The number of aromatic nitrogens is 1. The van der Waals surface area contributed by atoms with Gasteiger partial charge in [0.2, 0.25) is 0 Å². The zero-order valence-corrected chi connectivity index (χ0v) is 11.2. The third kappa shape index (κ3) is 3.38. The Balaban J connectivity index is 1.87. The Morgan fingerprint density at radius 2 is 2.12 bits per heavy atom. The molecule has 0 amide bonds. The van der Waals surface area contributed by atoms with E-state index in [1.54, 1.807) is 0 Å². The van der Waals surface area contributed by atoms with Crippen LogP contribution in [0.1, 0.15) is 28.8 Å². The molecule has 2 aromatic heterocycles. The molecule has 2 heterocycles. The zero-order valence-electron chi connectivity index (χ0n) is 10.4. The molecule has 17 heavy (non-hydrogen) atoms. The molecular formula is C14H18N2S. The summed E-state index contributed by atoms with van der Waals surface area (Å²) < 4.78 is 0. The Morgan fingerprint density at radius 3 is 2.88 bits per heavy atom. The summed E-state index contributed by atoms with van der Waals surface area (Å²) in [5.41, 5.74) is 3.65. The van der Waals surface area contributed by atoms with Crippen LogP contribution < -0.4 is 5.32 Å². The van der Waals surface area contributed by atoms with E-state index >= 15 is 0 Å². The minimum Gasteiger partial charge on any atom is -0.306 e. The van der Waals surface area contributed by atoms with Gasteiger partial charge in [-0.2, -0.15) is 0 Å². The number of pyridine rings is 1. The highest BCUT2D eigenvalue weighted by molar-refractivity contribution is 7.10. The second-order valence-corrected chi connectivity index (χ2v) is 5.10. The standard InChI is InChI=1S/C14H18N2S/c1-3-12-7-8-17-14(12)10-15-9-13-6-4-5-11(2)16-13/h4-8,15H,3,9-10H2,1-2H3. The van der Waals surface area contributed by atoms with E-state index in [1.165, 1.54) is 10.4 Å². The Bertz CT molecular complexity index is 477. The van der Waals surface area contributed by atoms with Crippen LogP contribution in [0, 0.1) is 6.92 Å². The maximum atomic E-state index is 4.48. The SMILES string of the molecule is CCc1ccsc1CNCc1cccc(C)n1. The van der Waals surface area contributed by atoms with E-state index in [-0.39, 0.29) is 0 Å². The smallest absolute Gasteiger partial charge is 0.0544 e. The van der Waals surface area contributed by atoms with Gasteiger partial charge in [0.05, 0.1) is 5.69 Å². The molecule has 0 radical (unpaired) electrons. The third-order valence-electron chi connectivity index (χ3n) is 2.76. The molecule has 0 unspecified atom stereocenters. The van der Waals surface area contributed by atoms with Gasteiger partial charge in [-0.3, -0.25) is 4.98 Å². The van der Waals surface area contributed by atoms with Gasteiger partial charge >= 0.3 is 0 Å². The third-order valence-corrected chi connectivity index (χ3v) is 3.72. The van der Waals surface area contributed by atoms with E-state index in [0.29, 0.717) is 0 Å². The molecule has 90 valence electrons. The van der Waals surface area contributed by atoms with Crippen molar-refractivity contribution in [2.75, 3.05) is 0 Å². The molecule has 0 saturated heterocycles. The lowest BCUT2D eigenvalue weighted by Gasteiger charge is -2.05. The summed E-state index contributed by atoms with van der Waals surface area (Å²) >= 11 is 1.83. The summed E-state index contributed by atoms with van der Waals surface area (Å²) in [6.45, 7) is 6.00. The number of hydrogen-bond acceptors (Lipinski definition) is 3. The van der Waals surface area contributed by atoms with Gasteiger partial charge < -0.3 is 5.32 Å². The molecule has 2 aromatic rings. The van der Waals surface area contributed by atoms with Crippen LogP contribution in [-0.2, 0) is 19.5 Å². The van der Waals surface area contributed by atoms with Crippen LogP contribution in [0.3, 0.4) is 0 Å². The fraction of sp³-hybridized carbons (Fsp3) is 0.357. The fourth-order valence-corrected chi connectivity index (χ4v) is 2.78. The van der Waals surface area contributed by atoms with Crippen LogP contribution in [0.25, 0.3) is 0 Å². The Hall–Kier alpha value is -1.19. The van der Waals surface area contributed by atoms with Gasteiger partial charge in [-0.1, -0.05) is 13.0 Å². The number of hydrogen-bond donors (Lipinski definition) is 1. The molecule has 0 atom stereocenters. The molecule has 0 aliphatic carbocycles. The van der Waals surface area contributed by atoms with Gasteiger partial charge in [0.25, 0.3) is 0 Å². The van der Waals surface area contributed by atoms with Crippen molar-refractivity contribution in [1.82, 2.24) is 10.3 Å². The average Bonchev–Trinajstić information content (AvgIpc) is 2.77. The Kier molecular flexibility index (Phi) is 4.29. The van der Waals surface area contributed by atoms with E-state index in [4.69, 9.17) is 0 Å². The number of rotatable bonds is 5. The fourth-order valence-electron chi connectivity index (χ4n) is 1.84. The van der Waals surface area contributed by atoms with E-state index < -0.39 is 0 Å². The summed E-state index contributed by atoms with van der Waals surface area (Å²) in [4.78, 5) is 5.92. The first-order valence-electron chi connectivity index (χ1n) is 5.98. The quantitative estimate of drug-likeness (QED) is 0.875. The van der Waals surface area contributed by atoms with Crippen LogP contribution in [0.15, 0.2) is 29.6 Å². The normalized spacial score (nSPS) is 10.7. The number of nitrogens with one attached hydrogen (secondary N) is 1. The average molecular weight is 246 g/mol. The predicted octanol–water partition coefficient (Wildman–Crippen LogP) is 3.30. The topological polar surface area (TPSA) is 24.9 Å². The van der Waals surface area contributed by atoms with Crippen molar-refractivity contribution in [3.8, 4) is 0 Å². The van der Waals surface area contributed by atoms with E-state index in [1.807, 2.05) is 24.3 Å². The first-order chi connectivity index (χ1) is 8.29. The maximum Gasteiger partial charge on any atom is 0.0544 e. The largest absolute Gasteiger partial charge is 0.306 e. The summed E-state index contributed by atoms with van der Waals surface area (Å²) in [7, 11) is 0. The van der Waals surface area contributed by atoms with Crippen molar-refractivity contribution in [3.63, 3.8) is 0 Å². The van der Waals surface area contributed by atoms with Crippen molar-refractivity contribution in [2.24, 2.45) is 0 Å². The van der Waals surface area contributed by atoms with E-state index in [2.05, 4.69) is 40.8 Å². The number of nitrogens with zero attached hydrogens (tertiary/aromatic N) is 1. The van der Waals surface area contributed by atoms with Gasteiger partial charge in [0, 0.05) is 23.7 Å². The maximum absolute atomic E-state index is 4.48. The molecule has 0 saturated carbocycles. The van der Waals surface area contributed by atoms with Gasteiger partial charge in [-0.25, -0.2) is 0 Å². The molecule has 0 aliphatic heterocycles. The van der Waals surface area contributed by atoms with Crippen LogP contribution in [-0.4, -0.2) is 4.98 Å². The van der Waals surface area contributed by atoms with Crippen molar-refractivity contribution in [3.05, 3.63) is 51.5 Å². The summed E-state index contributed by atoms with van der Waals surface area (Å²) in [5, 5.41) is 5.62. The molecule has 3 heteroatoms. The monoisotopic (exact) mass is 246 g/mol. The van der Waals surface area contributed by atoms with Crippen molar-refractivity contribution >= 4 is 11.3 Å². The highest BCUT2D eigenvalue weighted by atomic mass is 32.1. The minimum atomic E-state index is 0.836. The second kappa shape index (κ2) is 5.94. The minimum absolute atomic E-state index is 0.836. The molecule has 0 fully saturated rings. The molecule has 0 aromatic carbocycles. The lowest BCUT2D eigenvalue weighted by atomic mass is 10.2. The molecule has 1 N–H and O–H groups in total. The Labute approximate surface area is 107 Å². The Morgan fingerprint density at radius 1 is 1.24 bits per heavy atom. The number of aryl methyl sites for hydroxylation is 2. The summed E-state index contributed by atoms with van der Waals surface area (Å²) in [6, 6.07) is 8.36. The van der Waals surface area contributed by atoms with Crippen molar-refractivity contribution in [1.29, 1.82) is 0 Å². The van der Waals surface area contributed by atoms with Crippen molar-refractivity contribution in [2.45, 2.75) is 33.4 Å². The number of thiophene rings is 1. The molecular weight excluding hydrogens is 228 g/mol. The van der Waals surface area contributed by atoms with E-state index in [0.717, 1.165) is 30.9 Å². The molecule has 2 rings (SSSR count). The van der Waals surface area contributed by atoms with E-state index in [9.17, 15) is 0 Å². The zero-order chi connectivity index (χ0) is 12.1. The first kappa shape index (κ1) is 12.3.